The summed E-state index contributed by atoms with van der Waals surface area (Å²) >= 11 is 0. The molecule has 0 spiro atoms. The van der Waals surface area contributed by atoms with Gasteiger partial charge in [-0.15, -0.1) is 0 Å². The highest BCUT2D eigenvalue weighted by Gasteiger charge is 2.24. The quantitative estimate of drug-likeness (QED) is 0.442. The third-order valence-electron chi connectivity index (χ3n) is 1.30. The molecular formula is C6H11NO5. The van der Waals surface area contributed by atoms with E-state index in [0.29, 0.717) is 0 Å². The molecule has 0 aromatic rings. The van der Waals surface area contributed by atoms with Gasteiger partial charge in [0.25, 0.3) is 0 Å². The fourth-order valence-corrected chi connectivity index (χ4v) is 0.546. The summed E-state index contributed by atoms with van der Waals surface area (Å²) in [6, 6.07) is -1.45. The number of hydrogen-bond acceptors (Lipinski definition) is 5. The third kappa shape index (κ3) is 3.31. The molecule has 0 saturated carbocycles. The van der Waals surface area contributed by atoms with Gasteiger partial charge in [-0.05, 0) is 0 Å². The fraction of sp³-hybridized carbons (Fsp3) is 0.667. The SMILES string of the molecule is COC(=O)C[C@@H](O)[C@@H](N)C(=O)O. The van der Waals surface area contributed by atoms with E-state index in [1.807, 2.05) is 0 Å². The van der Waals surface area contributed by atoms with E-state index in [1.54, 1.807) is 0 Å². The van der Waals surface area contributed by atoms with Crippen molar-refractivity contribution in [3.63, 3.8) is 0 Å². The summed E-state index contributed by atoms with van der Waals surface area (Å²) in [6.07, 6.45) is -1.82. The summed E-state index contributed by atoms with van der Waals surface area (Å²) in [5, 5.41) is 17.3. The summed E-state index contributed by atoms with van der Waals surface area (Å²) in [5.74, 6) is -2.05. The number of carboxylic acid groups (broad SMARTS) is 1. The Hall–Kier alpha value is -1.14. The van der Waals surface area contributed by atoms with E-state index in [-0.39, 0.29) is 0 Å². The number of ether oxygens (including phenoxy) is 1. The standard InChI is InChI=1S/C6H11NO5/c1-12-4(9)2-3(8)5(7)6(10)11/h3,5,8H,2,7H2,1H3,(H,10,11)/t3-,5-/m1/s1. The first-order valence-electron chi connectivity index (χ1n) is 3.22. The number of aliphatic hydroxyl groups excluding tert-OH is 1. The average molecular weight is 177 g/mol. The Bertz CT molecular complexity index is 181. The zero-order chi connectivity index (χ0) is 9.72. The van der Waals surface area contributed by atoms with Crippen molar-refractivity contribution in [2.24, 2.45) is 5.73 Å². The molecule has 6 heteroatoms. The van der Waals surface area contributed by atoms with E-state index in [9.17, 15) is 9.59 Å². The lowest BCUT2D eigenvalue weighted by atomic mass is 10.1. The first kappa shape index (κ1) is 10.9. The summed E-state index contributed by atoms with van der Waals surface area (Å²) in [5.41, 5.74) is 5.01. The molecule has 0 radical (unpaired) electrons. The second-order valence-electron chi connectivity index (χ2n) is 2.21. The Labute approximate surface area is 68.9 Å². The molecule has 0 amide bonds. The number of aliphatic hydroxyl groups is 1. The molecule has 0 aromatic heterocycles. The van der Waals surface area contributed by atoms with Crippen LogP contribution in [0.2, 0.25) is 0 Å². The van der Waals surface area contributed by atoms with E-state index in [1.165, 1.54) is 0 Å². The van der Waals surface area contributed by atoms with Gasteiger partial charge < -0.3 is 20.7 Å². The second kappa shape index (κ2) is 4.68. The van der Waals surface area contributed by atoms with E-state index in [0.717, 1.165) is 7.11 Å². The topological polar surface area (TPSA) is 110 Å². The van der Waals surface area contributed by atoms with Crippen molar-refractivity contribution in [2.45, 2.75) is 18.6 Å². The molecule has 4 N–H and O–H groups in total. The zero-order valence-corrected chi connectivity index (χ0v) is 6.56. The number of esters is 1. The van der Waals surface area contributed by atoms with Crippen LogP contribution in [0.5, 0.6) is 0 Å². The summed E-state index contributed by atoms with van der Waals surface area (Å²) in [4.78, 5) is 20.7. The van der Waals surface area contributed by atoms with Gasteiger partial charge in [-0.1, -0.05) is 0 Å². The second-order valence-corrected chi connectivity index (χ2v) is 2.21. The maximum absolute atomic E-state index is 10.5. The number of carbonyl (C=O) groups excluding carboxylic acids is 1. The number of nitrogens with two attached hydrogens (primary N) is 1. The lowest BCUT2D eigenvalue weighted by molar-refractivity contribution is -0.146. The Morgan fingerprint density at radius 2 is 2.08 bits per heavy atom. The summed E-state index contributed by atoms with van der Waals surface area (Å²) in [6.45, 7) is 0. The number of hydrogen-bond donors (Lipinski definition) is 3. The Kier molecular flexibility index (Phi) is 4.24. The van der Waals surface area contributed by atoms with Crippen molar-refractivity contribution in [1.29, 1.82) is 0 Å². The summed E-state index contributed by atoms with van der Waals surface area (Å²) < 4.78 is 4.20. The fourth-order valence-electron chi connectivity index (χ4n) is 0.546. The molecule has 0 aromatic carbocycles. The molecule has 0 bridgehead atoms. The van der Waals surface area contributed by atoms with Crippen LogP contribution in [0.25, 0.3) is 0 Å². The van der Waals surface area contributed by atoms with Crippen LogP contribution in [0, 0.1) is 0 Å². The van der Waals surface area contributed by atoms with Crippen LogP contribution in [0.1, 0.15) is 6.42 Å². The van der Waals surface area contributed by atoms with Crippen molar-refractivity contribution < 1.29 is 24.5 Å². The van der Waals surface area contributed by atoms with Crippen molar-refractivity contribution in [2.75, 3.05) is 7.11 Å². The lowest BCUT2D eigenvalue weighted by Crippen LogP contribution is -2.42. The molecule has 0 heterocycles. The number of aliphatic carboxylic acids is 1. The minimum Gasteiger partial charge on any atom is -0.480 e. The molecule has 0 aliphatic rings. The molecule has 70 valence electrons. The van der Waals surface area contributed by atoms with Gasteiger partial charge in [-0.2, -0.15) is 0 Å². The van der Waals surface area contributed by atoms with Gasteiger partial charge in [0.1, 0.15) is 6.04 Å². The first-order chi connectivity index (χ1) is 5.49. The van der Waals surface area contributed by atoms with Crippen molar-refractivity contribution in [3.8, 4) is 0 Å². The van der Waals surface area contributed by atoms with Crippen LogP contribution < -0.4 is 5.73 Å². The highest BCUT2D eigenvalue weighted by Crippen LogP contribution is 1.98. The third-order valence-corrected chi connectivity index (χ3v) is 1.30. The van der Waals surface area contributed by atoms with Crippen molar-refractivity contribution in [3.05, 3.63) is 0 Å². The van der Waals surface area contributed by atoms with E-state index >= 15 is 0 Å². The Morgan fingerprint density at radius 3 is 2.42 bits per heavy atom. The molecule has 0 unspecified atom stereocenters. The van der Waals surface area contributed by atoms with Gasteiger partial charge in [0.2, 0.25) is 0 Å². The van der Waals surface area contributed by atoms with Crippen LogP contribution in [0.15, 0.2) is 0 Å². The van der Waals surface area contributed by atoms with Gasteiger partial charge in [0.05, 0.1) is 19.6 Å². The van der Waals surface area contributed by atoms with E-state index in [4.69, 9.17) is 15.9 Å². The van der Waals surface area contributed by atoms with Crippen molar-refractivity contribution in [1.82, 2.24) is 0 Å². The molecule has 0 fully saturated rings. The van der Waals surface area contributed by atoms with Crippen LogP contribution >= 0.6 is 0 Å². The molecule has 12 heavy (non-hydrogen) atoms. The predicted molar refractivity (Wildman–Crippen MR) is 38.3 cm³/mol. The molecule has 2 atom stereocenters. The van der Waals surface area contributed by atoms with Gasteiger partial charge >= 0.3 is 11.9 Å². The van der Waals surface area contributed by atoms with Crippen LogP contribution in [0.4, 0.5) is 0 Å². The molecule has 0 rings (SSSR count). The molecule has 0 aliphatic carbocycles. The summed E-state index contributed by atoms with van der Waals surface area (Å²) in [7, 11) is 1.14. The first-order valence-corrected chi connectivity index (χ1v) is 3.22. The number of rotatable bonds is 4. The zero-order valence-electron chi connectivity index (χ0n) is 6.56. The molecule has 6 nitrogen and oxygen atoms in total. The molecular weight excluding hydrogens is 166 g/mol. The van der Waals surface area contributed by atoms with Gasteiger partial charge in [-0.3, -0.25) is 9.59 Å². The number of carbonyl (C=O) groups is 2. The number of methoxy groups -OCH3 is 1. The maximum Gasteiger partial charge on any atom is 0.323 e. The van der Waals surface area contributed by atoms with E-state index < -0.39 is 30.5 Å². The smallest absolute Gasteiger partial charge is 0.323 e. The van der Waals surface area contributed by atoms with Crippen LogP contribution in [-0.2, 0) is 14.3 Å². The van der Waals surface area contributed by atoms with Gasteiger partial charge in [-0.25, -0.2) is 0 Å². The van der Waals surface area contributed by atoms with Gasteiger partial charge in [0, 0.05) is 0 Å². The molecule has 0 saturated heterocycles. The Balaban J connectivity index is 3.94. The minimum absolute atomic E-state index is 0.413. The Morgan fingerprint density at radius 1 is 1.58 bits per heavy atom. The average Bonchev–Trinajstić information content (AvgIpc) is 2.02. The maximum atomic E-state index is 10.5. The van der Waals surface area contributed by atoms with Crippen LogP contribution in [-0.4, -0.2) is 41.4 Å². The van der Waals surface area contributed by atoms with E-state index in [2.05, 4.69) is 4.74 Å². The predicted octanol–water partition coefficient (Wildman–Crippen LogP) is -1.68. The lowest BCUT2D eigenvalue weighted by Gasteiger charge is -2.12. The minimum atomic E-state index is -1.45. The van der Waals surface area contributed by atoms with Crippen LogP contribution in [0.3, 0.4) is 0 Å². The normalized spacial score (nSPS) is 14.9. The monoisotopic (exact) mass is 177 g/mol. The van der Waals surface area contributed by atoms with Gasteiger partial charge in [0.15, 0.2) is 0 Å². The number of carboxylic acids is 1. The highest BCUT2D eigenvalue weighted by atomic mass is 16.5. The highest BCUT2D eigenvalue weighted by molar-refractivity contribution is 5.76. The van der Waals surface area contributed by atoms with Crippen molar-refractivity contribution >= 4 is 11.9 Å². The molecule has 0 aliphatic heterocycles. The largest absolute Gasteiger partial charge is 0.480 e.